The van der Waals surface area contributed by atoms with E-state index in [-0.39, 0.29) is 5.56 Å². The Hall–Kier alpha value is -3.22. The monoisotopic (exact) mass is 406 g/mol. The van der Waals surface area contributed by atoms with Gasteiger partial charge >= 0.3 is 0 Å². The Kier molecular flexibility index (Phi) is 5.53. The molecule has 0 amide bonds. The van der Waals surface area contributed by atoms with Gasteiger partial charge in [0.25, 0.3) is 5.56 Å². The summed E-state index contributed by atoms with van der Waals surface area (Å²) >= 11 is 0. The van der Waals surface area contributed by atoms with Crippen LogP contribution in [0.2, 0.25) is 0 Å². The largest absolute Gasteiger partial charge is 0.495 e. The van der Waals surface area contributed by atoms with Crippen LogP contribution in [0.5, 0.6) is 11.6 Å². The lowest BCUT2D eigenvalue weighted by Crippen LogP contribution is -2.21. The summed E-state index contributed by atoms with van der Waals surface area (Å²) in [6.07, 6.45) is 6.41. The number of aryl methyl sites for hydroxylation is 3. The first-order valence-electron chi connectivity index (χ1n) is 10.2. The highest BCUT2D eigenvalue weighted by atomic mass is 16.5. The van der Waals surface area contributed by atoms with Crippen LogP contribution in [0.3, 0.4) is 0 Å². The second-order valence-corrected chi connectivity index (χ2v) is 7.68. The molecule has 3 aromatic heterocycles. The highest BCUT2D eigenvalue weighted by Crippen LogP contribution is 2.47. The zero-order valence-electron chi connectivity index (χ0n) is 17.8. The third-order valence-corrected chi connectivity index (χ3v) is 5.52. The van der Waals surface area contributed by atoms with Crippen LogP contribution in [0.4, 0.5) is 0 Å². The summed E-state index contributed by atoms with van der Waals surface area (Å²) in [5.41, 5.74) is 3.45. The second-order valence-electron chi connectivity index (χ2n) is 7.68. The lowest BCUT2D eigenvalue weighted by molar-refractivity contribution is 0.285. The highest BCUT2D eigenvalue weighted by Gasteiger charge is 2.40. The van der Waals surface area contributed by atoms with Gasteiger partial charge in [-0.2, -0.15) is 4.98 Å². The Morgan fingerprint density at radius 3 is 2.73 bits per heavy atom. The summed E-state index contributed by atoms with van der Waals surface area (Å²) in [6, 6.07) is 5.83. The van der Waals surface area contributed by atoms with Gasteiger partial charge in [0, 0.05) is 47.6 Å². The van der Waals surface area contributed by atoms with E-state index in [1.54, 1.807) is 24.1 Å². The van der Waals surface area contributed by atoms with E-state index in [2.05, 4.69) is 15.0 Å². The second kappa shape index (κ2) is 8.26. The smallest absolute Gasteiger partial charge is 0.253 e. The number of ether oxygens (including phenoxy) is 2. The van der Waals surface area contributed by atoms with Gasteiger partial charge in [0.2, 0.25) is 5.88 Å². The first-order chi connectivity index (χ1) is 14.5. The standard InChI is InChI=1S/C23H26N4O3/c1-5-27-12-16(8-14(2)23(27)28)20-11-24-15(3)26-22(20)30-13-17-9-19(17)21-7-6-18(29-4)10-25-21/h6-8,10-12,17,19H,5,9,13H2,1-4H3/t17?,19-/m1/s1. The number of pyridine rings is 2. The Balaban J connectivity index is 1.52. The maximum absolute atomic E-state index is 12.2. The molecular weight excluding hydrogens is 380 g/mol. The molecule has 156 valence electrons. The fraction of sp³-hybridized carbons (Fsp3) is 0.391. The minimum absolute atomic E-state index is 0.0181. The van der Waals surface area contributed by atoms with Crippen LogP contribution in [0.15, 0.2) is 41.6 Å². The van der Waals surface area contributed by atoms with E-state index in [9.17, 15) is 4.79 Å². The number of nitrogens with zero attached hydrogens (tertiary/aromatic N) is 4. The first-order valence-corrected chi connectivity index (χ1v) is 10.2. The van der Waals surface area contributed by atoms with Crippen molar-refractivity contribution < 1.29 is 9.47 Å². The average molecular weight is 406 g/mol. The quantitative estimate of drug-likeness (QED) is 0.597. The summed E-state index contributed by atoms with van der Waals surface area (Å²) in [7, 11) is 1.64. The van der Waals surface area contributed by atoms with Crippen molar-refractivity contribution in [1.82, 2.24) is 19.5 Å². The van der Waals surface area contributed by atoms with E-state index in [1.165, 1.54) is 0 Å². The molecule has 1 fully saturated rings. The van der Waals surface area contributed by atoms with E-state index >= 15 is 0 Å². The van der Waals surface area contributed by atoms with Crippen LogP contribution in [-0.4, -0.2) is 33.2 Å². The van der Waals surface area contributed by atoms with Crippen molar-refractivity contribution in [2.75, 3.05) is 13.7 Å². The van der Waals surface area contributed by atoms with Crippen LogP contribution in [0.25, 0.3) is 11.1 Å². The molecule has 0 N–H and O–H groups in total. The zero-order valence-corrected chi connectivity index (χ0v) is 17.8. The fourth-order valence-corrected chi connectivity index (χ4v) is 3.64. The lowest BCUT2D eigenvalue weighted by atomic mass is 10.1. The van der Waals surface area contributed by atoms with Gasteiger partial charge in [0.1, 0.15) is 11.6 Å². The number of aromatic nitrogens is 4. The Bertz CT molecular complexity index is 1110. The number of methoxy groups -OCH3 is 1. The van der Waals surface area contributed by atoms with Gasteiger partial charge in [-0.15, -0.1) is 0 Å². The van der Waals surface area contributed by atoms with Gasteiger partial charge in [-0.05, 0) is 45.4 Å². The van der Waals surface area contributed by atoms with Crippen LogP contribution >= 0.6 is 0 Å². The van der Waals surface area contributed by atoms with E-state index < -0.39 is 0 Å². The minimum Gasteiger partial charge on any atom is -0.495 e. The van der Waals surface area contributed by atoms with Crippen LogP contribution in [0.1, 0.15) is 36.3 Å². The molecule has 4 rings (SSSR count). The highest BCUT2D eigenvalue weighted by molar-refractivity contribution is 5.67. The van der Waals surface area contributed by atoms with Crippen LogP contribution < -0.4 is 15.0 Å². The van der Waals surface area contributed by atoms with Crippen molar-refractivity contribution in [3.63, 3.8) is 0 Å². The van der Waals surface area contributed by atoms with Gasteiger partial charge in [0.15, 0.2) is 0 Å². The van der Waals surface area contributed by atoms with Crippen molar-refractivity contribution in [2.45, 2.75) is 39.7 Å². The summed E-state index contributed by atoms with van der Waals surface area (Å²) < 4.78 is 13.0. The van der Waals surface area contributed by atoms with Gasteiger partial charge in [-0.25, -0.2) is 4.98 Å². The van der Waals surface area contributed by atoms with Crippen molar-refractivity contribution >= 4 is 0 Å². The van der Waals surface area contributed by atoms with E-state index in [0.29, 0.717) is 42.3 Å². The maximum Gasteiger partial charge on any atom is 0.253 e. The molecule has 1 saturated carbocycles. The molecule has 30 heavy (non-hydrogen) atoms. The normalized spacial score (nSPS) is 17.6. The summed E-state index contributed by atoms with van der Waals surface area (Å²) in [5.74, 6) is 2.76. The third kappa shape index (κ3) is 4.06. The third-order valence-electron chi connectivity index (χ3n) is 5.52. The molecule has 1 unspecified atom stereocenters. The van der Waals surface area contributed by atoms with Crippen molar-refractivity contribution in [1.29, 1.82) is 0 Å². The molecule has 7 nitrogen and oxygen atoms in total. The molecule has 0 bridgehead atoms. The van der Waals surface area contributed by atoms with E-state index in [0.717, 1.165) is 29.0 Å². The van der Waals surface area contributed by atoms with Crippen molar-refractivity contribution in [3.8, 4) is 22.8 Å². The molecule has 0 saturated heterocycles. The van der Waals surface area contributed by atoms with Crippen LogP contribution in [-0.2, 0) is 6.54 Å². The molecular formula is C23H26N4O3. The molecule has 0 radical (unpaired) electrons. The predicted octanol–water partition coefficient (Wildman–Crippen LogP) is 3.53. The number of rotatable bonds is 7. The Morgan fingerprint density at radius 1 is 1.20 bits per heavy atom. The number of hydrogen-bond donors (Lipinski definition) is 0. The summed E-state index contributed by atoms with van der Waals surface area (Å²) in [6.45, 7) is 6.79. The zero-order chi connectivity index (χ0) is 21.3. The maximum atomic E-state index is 12.2. The van der Waals surface area contributed by atoms with E-state index in [1.807, 2.05) is 45.2 Å². The van der Waals surface area contributed by atoms with E-state index in [4.69, 9.17) is 9.47 Å². The molecule has 0 spiro atoms. The van der Waals surface area contributed by atoms with Gasteiger partial charge in [-0.1, -0.05) is 0 Å². The lowest BCUT2D eigenvalue weighted by Gasteiger charge is -2.13. The van der Waals surface area contributed by atoms with Gasteiger partial charge in [0.05, 0.1) is 25.5 Å². The minimum atomic E-state index is 0.0181. The SMILES string of the molecule is CCn1cc(-c2cnc(C)nc2OCC2C[C@H]2c2ccc(OC)cn2)cc(C)c1=O. The molecule has 1 aliphatic rings. The molecule has 2 atom stereocenters. The van der Waals surface area contributed by atoms with Gasteiger partial charge in [-0.3, -0.25) is 9.78 Å². The molecule has 7 heteroatoms. The molecule has 0 aliphatic heterocycles. The first kappa shape index (κ1) is 20.1. The van der Waals surface area contributed by atoms with Crippen molar-refractivity contribution in [2.24, 2.45) is 5.92 Å². The number of hydrogen-bond acceptors (Lipinski definition) is 6. The Morgan fingerprint density at radius 2 is 2.03 bits per heavy atom. The predicted molar refractivity (Wildman–Crippen MR) is 114 cm³/mol. The fourth-order valence-electron chi connectivity index (χ4n) is 3.64. The topological polar surface area (TPSA) is 79.1 Å². The Labute approximate surface area is 175 Å². The van der Waals surface area contributed by atoms with Crippen molar-refractivity contribution in [3.05, 3.63) is 64.2 Å². The van der Waals surface area contributed by atoms with Crippen LogP contribution in [0, 0.1) is 19.8 Å². The molecule has 1 aliphatic carbocycles. The molecule has 3 aromatic rings. The average Bonchev–Trinajstić information content (AvgIpc) is 3.54. The molecule has 3 heterocycles. The molecule has 0 aromatic carbocycles. The summed E-state index contributed by atoms with van der Waals surface area (Å²) in [5, 5.41) is 0. The van der Waals surface area contributed by atoms with Gasteiger partial charge < -0.3 is 14.0 Å². The summed E-state index contributed by atoms with van der Waals surface area (Å²) in [4.78, 5) is 25.6.